The smallest absolute Gasteiger partial charge is 0.264 e. The number of rotatable bonds is 1. The van der Waals surface area contributed by atoms with Crippen molar-refractivity contribution >= 4 is 23.2 Å². The lowest BCUT2D eigenvalue weighted by molar-refractivity contribution is -0.128. The molecule has 23 heavy (non-hydrogen) atoms. The van der Waals surface area contributed by atoms with Gasteiger partial charge in [-0.15, -0.1) is 11.3 Å². The molecule has 2 fully saturated rings. The summed E-state index contributed by atoms with van der Waals surface area (Å²) in [6.07, 6.45) is 7.15. The first-order valence-electron chi connectivity index (χ1n) is 8.82. The molecule has 126 valence electrons. The molecule has 2 amide bonds. The predicted octanol–water partition coefficient (Wildman–Crippen LogP) is 3.36. The summed E-state index contributed by atoms with van der Waals surface area (Å²) in [5.74, 6) is 0.233. The average Bonchev–Trinajstić information content (AvgIpc) is 3.00. The van der Waals surface area contributed by atoms with Gasteiger partial charge in [-0.05, 0) is 51.2 Å². The molecule has 2 atom stereocenters. The Kier molecular flexibility index (Phi) is 5.36. The van der Waals surface area contributed by atoms with Crippen LogP contribution in [-0.4, -0.2) is 35.8 Å². The average molecular weight is 334 g/mol. The molecular formula is C18H26N2O2S. The fourth-order valence-electron chi connectivity index (χ4n) is 3.83. The number of nitrogens with zero attached hydrogens (tertiary/aromatic N) is 1. The normalized spacial score (nSPS) is 26.3. The van der Waals surface area contributed by atoms with E-state index in [-0.39, 0.29) is 23.8 Å². The van der Waals surface area contributed by atoms with Gasteiger partial charge in [0.15, 0.2) is 0 Å². The number of fused-ring (bicyclic) bond motifs is 1. The van der Waals surface area contributed by atoms with Crippen LogP contribution >= 0.6 is 11.3 Å². The van der Waals surface area contributed by atoms with Gasteiger partial charge in [-0.1, -0.05) is 12.8 Å². The number of aryl methyl sites for hydroxylation is 1. The molecule has 0 spiro atoms. The first-order valence-corrected chi connectivity index (χ1v) is 9.63. The zero-order valence-electron chi connectivity index (χ0n) is 13.8. The molecule has 1 aliphatic carbocycles. The molecule has 1 saturated carbocycles. The summed E-state index contributed by atoms with van der Waals surface area (Å²) >= 11 is 1.56. The van der Waals surface area contributed by atoms with Crippen molar-refractivity contribution in [1.29, 1.82) is 0 Å². The fraction of sp³-hybridized carbons (Fsp3) is 0.667. The van der Waals surface area contributed by atoms with E-state index >= 15 is 0 Å². The number of nitrogens with one attached hydrogen (secondary N) is 1. The van der Waals surface area contributed by atoms with Crippen LogP contribution in [0.25, 0.3) is 0 Å². The number of thiophene rings is 1. The fourth-order valence-corrected chi connectivity index (χ4v) is 4.65. The Morgan fingerprint density at radius 3 is 2.78 bits per heavy atom. The summed E-state index contributed by atoms with van der Waals surface area (Å²) in [4.78, 5) is 29.6. The quantitative estimate of drug-likeness (QED) is 0.856. The third-order valence-electron chi connectivity index (χ3n) is 5.05. The van der Waals surface area contributed by atoms with Gasteiger partial charge in [-0.2, -0.15) is 0 Å². The maximum Gasteiger partial charge on any atom is 0.264 e. The lowest BCUT2D eigenvalue weighted by atomic mass is 9.82. The van der Waals surface area contributed by atoms with Crippen molar-refractivity contribution in [3.63, 3.8) is 0 Å². The van der Waals surface area contributed by atoms with Gasteiger partial charge in [0.05, 0.1) is 10.8 Å². The number of carbonyl (C=O) groups excluding carboxylic acids is 2. The maximum atomic E-state index is 13.0. The van der Waals surface area contributed by atoms with E-state index in [4.69, 9.17) is 0 Å². The number of carbonyl (C=O) groups is 2. The first kappa shape index (κ1) is 16.5. The van der Waals surface area contributed by atoms with E-state index in [0.29, 0.717) is 0 Å². The van der Waals surface area contributed by atoms with Crippen LogP contribution in [0.5, 0.6) is 0 Å². The van der Waals surface area contributed by atoms with E-state index in [0.717, 1.165) is 67.8 Å². The zero-order valence-corrected chi connectivity index (χ0v) is 14.7. The van der Waals surface area contributed by atoms with Crippen LogP contribution in [0, 0.1) is 12.8 Å². The van der Waals surface area contributed by atoms with Gasteiger partial charge in [0.2, 0.25) is 5.91 Å². The van der Waals surface area contributed by atoms with Crippen LogP contribution in [0.2, 0.25) is 0 Å². The molecule has 0 radical (unpaired) electrons. The van der Waals surface area contributed by atoms with E-state index in [1.807, 2.05) is 24.0 Å². The second kappa shape index (κ2) is 7.47. The molecular weight excluding hydrogens is 308 g/mol. The Hall–Kier alpha value is -1.36. The molecule has 0 aromatic carbocycles. The largest absolute Gasteiger partial charge is 0.356 e. The Labute approximate surface area is 142 Å². The second-order valence-electron chi connectivity index (χ2n) is 6.72. The Balaban J connectivity index is 1.86. The van der Waals surface area contributed by atoms with Gasteiger partial charge < -0.3 is 10.2 Å². The Morgan fingerprint density at radius 2 is 2.00 bits per heavy atom. The monoisotopic (exact) mass is 334 g/mol. The maximum absolute atomic E-state index is 13.0. The van der Waals surface area contributed by atoms with Crippen LogP contribution in [0.1, 0.15) is 59.5 Å². The molecule has 4 nitrogen and oxygen atoms in total. The van der Waals surface area contributed by atoms with Gasteiger partial charge in [-0.3, -0.25) is 9.59 Å². The highest BCUT2D eigenvalue weighted by Crippen LogP contribution is 2.31. The van der Waals surface area contributed by atoms with Gasteiger partial charge in [0.1, 0.15) is 0 Å². The van der Waals surface area contributed by atoms with Crippen molar-refractivity contribution in [3.8, 4) is 0 Å². The molecule has 5 heteroatoms. The zero-order chi connectivity index (χ0) is 16.2. The van der Waals surface area contributed by atoms with Crippen LogP contribution in [0.3, 0.4) is 0 Å². The second-order valence-corrected chi connectivity index (χ2v) is 8.01. The molecule has 1 saturated heterocycles. The van der Waals surface area contributed by atoms with Gasteiger partial charge in [-0.25, -0.2) is 0 Å². The van der Waals surface area contributed by atoms with Gasteiger partial charge in [0.25, 0.3) is 5.91 Å². The summed E-state index contributed by atoms with van der Waals surface area (Å²) in [6.45, 7) is 3.59. The van der Waals surface area contributed by atoms with Crippen molar-refractivity contribution in [2.75, 3.05) is 13.1 Å². The van der Waals surface area contributed by atoms with E-state index < -0.39 is 0 Å². The SMILES string of the molecule is Cc1ccc(C(=O)N2CCCCCNC(=O)[C@@H]3CCCC[C@@H]32)s1. The molecule has 0 unspecified atom stereocenters. The van der Waals surface area contributed by atoms with Crippen LogP contribution in [0.15, 0.2) is 12.1 Å². The van der Waals surface area contributed by atoms with E-state index in [1.54, 1.807) is 11.3 Å². The number of hydrogen-bond acceptors (Lipinski definition) is 3. The molecule has 3 rings (SSSR count). The Bertz CT molecular complexity index is 569. The summed E-state index contributed by atoms with van der Waals surface area (Å²) in [6, 6.07) is 4.00. The van der Waals surface area contributed by atoms with Crippen molar-refractivity contribution < 1.29 is 9.59 Å². The van der Waals surface area contributed by atoms with Gasteiger partial charge in [0, 0.05) is 24.0 Å². The summed E-state index contributed by atoms with van der Waals surface area (Å²) < 4.78 is 0. The number of amides is 2. The lowest BCUT2D eigenvalue weighted by Crippen LogP contribution is -2.51. The first-order chi connectivity index (χ1) is 11.2. The standard InChI is InChI=1S/C18H26N2O2S/c1-13-9-10-16(23-13)18(22)20-12-6-2-5-11-19-17(21)14-7-3-4-8-15(14)20/h9-10,14-15H,2-8,11-12H2,1H3,(H,19,21)/t14-,15+/m1/s1. The lowest BCUT2D eigenvalue weighted by Gasteiger charge is -2.39. The minimum absolute atomic E-state index is 0.0353. The highest BCUT2D eigenvalue weighted by molar-refractivity contribution is 7.13. The summed E-state index contributed by atoms with van der Waals surface area (Å²) in [5, 5.41) is 3.08. The molecule has 2 heterocycles. The van der Waals surface area contributed by atoms with Crippen molar-refractivity contribution in [1.82, 2.24) is 10.2 Å². The Morgan fingerprint density at radius 1 is 1.17 bits per heavy atom. The molecule has 0 bridgehead atoms. The van der Waals surface area contributed by atoms with E-state index in [1.165, 1.54) is 0 Å². The highest BCUT2D eigenvalue weighted by Gasteiger charge is 2.37. The number of hydrogen-bond donors (Lipinski definition) is 1. The molecule has 1 aromatic rings. The third kappa shape index (κ3) is 3.77. The van der Waals surface area contributed by atoms with E-state index in [2.05, 4.69) is 5.32 Å². The minimum Gasteiger partial charge on any atom is -0.356 e. The summed E-state index contributed by atoms with van der Waals surface area (Å²) in [7, 11) is 0. The van der Waals surface area contributed by atoms with Crippen LogP contribution in [-0.2, 0) is 4.79 Å². The minimum atomic E-state index is -0.0353. The highest BCUT2D eigenvalue weighted by atomic mass is 32.1. The molecule has 2 aliphatic rings. The van der Waals surface area contributed by atoms with Crippen molar-refractivity contribution in [2.45, 2.75) is 57.9 Å². The van der Waals surface area contributed by atoms with Crippen LogP contribution in [0.4, 0.5) is 0 Å². The van der Waals surface area contributed by atoms with E-state index in [9.17, 15) is 9.59 Å². The van der Waals surface area contributed by atoms with Crippen molar-refractivity contribution in [2.24, 2.45) is 5.92 Å². The summed E-state index contributed by atoms with van der Waals surface area (Å²) in [5.41, 5.74) is 0. The molecule has 1 aliphatic heterocycles. The van der Waals surface area contributed by atoms with Gasteiger partial charge >= 0.3 is 0 Å². The predicted molar refractivity (Wildman–Crippen MR) is 92.7 cm³/mol. The van der Waals surface area contributed by atoms with Crippen molar-refractivity contribution in [3.05, 3.63) is 21.9 Å². The van der Waals surface area contributed by atoms with Crippen LogP contribution < -0.4 is 5.32 Å². The topological polar surface area (TPSA) is 49.4 Å². The molecule has 1 N–H and O–H groups in total. The molecule has 1 aromatic heterocycles. The third-order valence-corrected chi connectivity index (χ3v) is 6.04.